The summed E-state index contributed by atoms with van der Waals surface area (Å²) >= 11 is 0. The van der Waals surface area contributed by atoms with Crippen molar-refractivity contribution < 1.29 is 4.42 Å². The van der Waals surface area contributed by atoms with Crippen molar-refractivity contribution in [1.82, 2.24) is 9.55 Å². The Balaban J connectivity index is 1.18. The van der Waals surface area contributed by atoms with Crippen LogP contribution in [0.2, 0.25) is 0 Å². The minimum absolute atomic E-state index is 0.759. The molecular weight excluding hydrogens is 599 g/mol. The third-order valence-electron chi connectivity index (χ3n) is 9.60. The van der Waals surface area contributed by atoms with Crippen LogP contribution in [0.25, 0.3) is 71.5 Å². The van der Waals surface area contributed by atoms with Crippen molar-refractivity contribution in [2.75, 3.05) is 4.90 Å². The van der Waals surface area contributed by atoms with Crippen LogP contribution in [0.3, 0.4) is 0 Å². The van der Waals surface area contributed by atoms with Gasteiger partial charge >= 0.3 is 0 Å². The highest BCUT2D eigenvalue weighted by Crippen LogP contribution is 2.41. The van der Waals surface area contributed by atoms with Gasteiger partial charge in [0.15, 0.2) is 5.58 Å². The van der Waals surface area contributed by atoms with E-state index in [4.69, 9.17) is 9.40 Å². The van der Waals surface area contributed by atoms with Crippen LogP contribution in [-0.4, -0.2) is 9.55 Å². The number of fused-ring (bicyclic) bond motifs is 8. The van der Waals surface area contributed by atoms with Gasteiger partial charge in [0.2, 0.25) is 0 Å². The molecule has 0 saturated heterocycles. The summed E-state index contributed by atoms with van der Waals surface area (Å²) in [6, 6.07) is 60.0. The van der Waals surface area contributed by atoms with E-state index in [9.17, 15) is 0 Å². The maximum absolute atomic E-state index is 6.31. The van der Waals surface area contributed by atoms with Gasteiger partial charge in [0, 0.05) is 39.3 Å². The zero-order valence-corrected chi connectivity index (χ0v) is 26.5. The quantitative estimate of drug-likeness (QED) is 0.190. The van der Waals surface area contributed by atoms with E-state index in [0.717, 1.165) is 44.8 Å². The zero-order chi connectivity index (χ0) is 32.3. The molecule has 0 bridgehead atoms. The molecule has 0 fully saturated rings. The molecule has 3 aromatic heterocycles. The van der Waals surface area contributed by atoms with Crippen LogP contribution in [0.1, 0.15) is 0 Å². The fourth-order valence-corrected chi connectivity index (χ4v) is 7.38. The van der Waals surface area contributed by atoms with E-state index in [1.54, 1.807) is 0 Å². The second kappa shape index (κ2) is 11.0. The Bertz CT molecular complexity index is 2830. The number of nitrogens with zero attached hydrogens (tertiary/aromatic N) is 3. The number of anilines is 3. The first-order valence-electron chi connectivity index (χ1n) is 16.5. The Morgan fingerprint density at radius 3 is 2.08 bits per heavy atom. The van der Waals surface area contributed by atoms with Crippen LogP contribution in [-0.2, 0) is 0 Å². The van der Waals surface area contributed by atoms with Crippen LogP contribution in [0.15, 0.2) is 180 Å². The number of furan rings is 1. The number of pyridine rings is 1. The van der Waals surface area contributed by atoms with E-state index < -0.39 is 0 Å². The predicted octanol–water partition coefficient (Wildman–Crippen LogP) is 12.4. The molecule has 0 aliphatic rings. The third-order valence-corrected chi connectivity index (χ3v) is 9.60. The molecule has 10 rings (SSSR count). The molecule has 0 aliphatic carbocycles. The maximum atomic E-state index is 6.31. The highest BCUT2D eigenvalue weighted by molar-refractivity contribution is 6.21. The summed E-state index contributed by atoms with van der Waals surface area (Å²) in [6.45, 7) is 0. The number of benzene rings is 7. The molecule has 0 amide bonds. The molecule has 0 N–H and O–H groups in total. The predicted molar refractivity (Wildman–Crippen MR) is 203 cm³/mol. The largest absolute Gasteiger partial charge is 0.454 e. The molecule has 0 atom stereocenters. The van der Waals surface area contributed by atoms with Crippen LogP contribution in [0.4, 0.5) is 17.1 Å². The van der Waals surface area contributed by atoms with Gasteiger partial charge in [-0.3, -0.25) is 0 Å². The van der Waals surface area contributed by atoms with E-state index in [1.807, 2.05) is 30.5 Å². The summed E-state index contributed by atoms with van der Waals surface area (Å²) in [6.07, 6.45) is 1.95. The SMILES string of the molecule is c1ccc(-c2ccc(N(c3cccc(-n4c5ccccc5c5c6ccccc6ccc54)c3)c3cnc4c(c3)oc3ccccc34)cc2)cc1. The van der Waals surface area contributed by atoms with E-state index >= 15 is 0 Å². The molecule has 10 aromatic rings. The molecular formula is C45H29N3O. The lowest BCUT2D eigenvalue weighted by molar-refractivity contribution is 0.668. The van der Waals surface area contributed by atoms with Crippen molar-refractivity contribution in [3.05, 3.63) is 176 Å². The fourth-order valence-electron chi connectivity index (χ4n) is 7.38. The number of aromatic nitrogens is 2. The van der Waals surface area contributed by atoms with E-state index in [1.165, 1.54) is 43.7 Å². The number of rotatable bonds is 5. The summed E-state index contributed by atoms with van der Waals surface area (Å²) in [4.78, 5) is 7.21. The van der Waals surface area contributed by atoms with E-state index in [2.05, 4.69) is 155 Å². The molecule has 0 radical (unpaired) electrons. The minimum Gasteiger partial charge on any atom is -0.454 e. The maximum Gasteiger partial charge on any atom is 0.155 e. The van der Waals surface area contributed by atoms with Gasteiger partial charge in [0.25, 0.3) is 0 Å². The molecule has 230 valence electrons. The van der Waals surface area contributed by atoms with Gasteiger partial charge in [0.1, 0.15) is 11.1 Å². The van der Waals surface area contributed by atoms with Crippen molar-refractivity contribution in [2.45, 2.75) is 0 Å². The summed E-state index contributed by atoms with van der Waals surface area (Å²) in [5, 5.41) is 6.03. The normalized spacial score (nSPS) is 11.7. The minimum atomic E-state index is 0.759. The average Bonchev–Trinajstić information content (AvgIpc) is 3.71. The summed E-state index contributed by atoms with van der Waals surface area (Å²) in [5.74, 6) is 0. The van der Waals surface area contributed by atoms with Gasteiger partial charge in [-0.15, -0.1) is 0 Å². The van der Waals surface area contributed by atoms with Gasteiger partial charge in [-0.1, -0.05) is 109 Å². The highest BCUT2D eigenvalue weighted by Gasteiger charge is 2.19. The number of para-hydroxylation sites is 2. The molecule has 0 unspecified atom stereocenters. The van der Waals surface area contributed by atoms with Gasteiger partial charge in [-0.05, 0) is 76.5 Å². The first-order valence-corrected chi connectivity index (χ1v) is 16.5. The third kappa shape index (κ3) is 4.42. The Morgan fingerprint density at radius 1 is 0.469 bits per heavy atom. The van der Waals surface area contributed by atoms with Crippen molar-refractivity contribution in [3.63, 3.8) is 0 Å². The average molecular weight is 628 g/mol. The van der Waals surface area contributed by atoms with E-state index in [-0.39, 0.29) is 0 Å². The number of hydrogen-bond donors (Lipinski definition) is 0. The lowest BCUT2D eigenvalue weighted by Crippen LogP contribution is -2.11. The molecule has 0 spiro atoms. The topological polar surface area (TPSA) is 34.2 Å². The second-order valence-electron chi connectivity index (χ2n) is 12.4. The molecule has 4 nitrogen and oxygen atoms in total. The van der Waals surface area contributed by atoms with Crippen LogP contribution in [0, 0.1) is 0 Å². The zero-order valence-electron chi connectivity index (χ0n) is 26.5. The Morgan fingerprint density at radius 2 is 1.20 bits per heavy atom. The standard InChI is InChI=1S/C45H29N3O/c1-2-11-30(12-3-1)31-21-24-33(25-22-31)47(36-28-43-45(46-29-36)39-18-7-9-20-42(39)49-43)34-14-10-15-35(27-34)48-40-19-8-6-17-38(40)44-37-16-5-4-13-32(37)23-26-41(44)48/h1-29H. The second-order valence-corrected chi connectivity index (χ2v) is 12.4. The monoisotopic (exact) mass is 627 g/mol. The Kier molecular flexibility index (Phi) is 6.15. The van der Waals surface area contributed by atoms with Gasteiger partial charge in [-0.25, -0.2) is 4.98 Å². The molecule has 0 saturated carbocycles. The van der Waals surface area contributed by atoms with Gasteiger partial charge < -0.3 is 13.9 Å². The first-order chi connectivity index (χ1) is 24.3. The fraction of sp³-hybridized carbons (Fsp3) is 0. The first kappa shape index (κ1) is 27.5. The lowest BCUT2D eigenvalue weighted by atomic mass is 10.0. The van der Waals surface area contributed by atoms with Crippen LogP contribution in [0.5, 0.6) is 0 Å². The molecule has 49 heavy (non-hydrogen) atoms. The Labute approximate surface area is 282 Å². The van der Waals surface area contributed by atoms with Crippen LogP contribution >= 0.6 is 0 Å². The van der Waals surface area contributed by atoms with E-state index in [0.29, 0.717) is 0 Å². The highest BCUT2D eigenvalue weighted by atomic mass is 16.3. The molecule has 4 heteroatoms. The summed E-state index contributed by atoms with van der Waals surface area (Å²) in [5.41, 5.74) is 11.2. The summed E-state index contributed by atoms with van der Waals surface area (Å²) in [7, 11) is 0. The van der Waals surface area contributed by atoms with Gasteiger partial charge in [0.05, 0.1) is 22.9 Å². The van der Waals surface area contributed by atoms with Gasteiger partial charge in [-0.2, -0.15) is 0 Å². The summed E-state index contributed by atoms with van der Waals surface area (Å²) < 4.78 is 8.70. The van der Waals surface area contributed by atoms with Crippen LogP contribution < -0.4 is 4.90 Å². The molecule has 3 heterocycles. The number of hydrogen-bond acceptors (Lipinski definition) is 3. The van der Waals surface area contributed by atoms with Crippen molar-refractivity contribution >= 4 is 71.7 Å². The van der Waals surface area contributed by atoms with Crippen molar-refractivity contribution in [1.29, 1.82) is 0 Å². The van der Waals surface area contributed by atoms with Crippen molar-refractivity contribution in [3.8, 4) is 16.8 Å². The molecule has 0 aliphatic heterocycles. The molecule has 7 aromatic carbocycles. The van der Waals surface area contributed by atoms with Crippen molar-refractivity contribution in [2.24, 2.45) is 0 Å². The lowest BCUT2D eigenvalue weighted by Gasteiger charge is -2.26. The smallest absolute Gasteiger partial charge is 0.155 e. The Hall–Kier alpha value is -6.65.